The maximum Gasteiger partial charge on any atom is 0.260 e. The van der Waals surface area contributed by atoms with E-state index in [0.29, 0.717) is 31.5 Å². The van der Waals surface area contributed by atoms with Crippen LogP contribution in [0, 0.1) is 19.7 Å². The van der Waals surface area contributed by atoms with Gasteiger partial charge in [0.1, 0.15) is 0 Å². The molecule has 1 amide bonds. The third-order valence-corrected chi connectivity index (χ3v) is 3.67. The largest absolute Gasteiger partial charge is 0.481 e. The fraction of sp³-hybridized carbons (Fsp3) is 0.438. The molecule has 1 atom stereocenters. The van der Waals surface area contributed by atoms with Gasteiger partial charge in [-0.1, -0.05) is 6.07 Å². The number of nitrogens with zero attached hydrogens (tertiary/aromatic N) is 3. The summed E-state index contributed by atoms with van der Waals surface area (Å²) in [6.07, 6.45) is -0.459. The summed E-state index contributed by atoms with van der Waals surface area (Å²) in [5.41, 5.74) is 0.858. The van der Waals surface area contributed by atoms with Crippen LogP contribution in [-0.2, 0) is 9.53 Å². The highest BCUT2D eigenvalue weighted by molar-refractivity contribution is 5.78. The number of halogens is 1. The Morgan fingerprint density at radius 2 is 2.25 bits per heavy atom. The summed E-state index contributed by atoms with van der Waals surface area (Å²) in [7, 11) is 0. The highest BCUT2D eigenvalue weighted by atomic mass is 19.1. The Hall–Kier alpha value is -2.48. The predicted molar refractivity (Wildman–Crippen MR) is 80.9 cm³/mol. The van der Waals surface area contributed by atoms with Gasteiger partial charge >= 0.3 is 0 Å². The molecule has 1 saturated heterocycles. The van der Waals surface area contributed by atoms with Crippen molar-refractivity contribution in [3.05, 3.63) is 41.4 Å². The molecule has 1 aliphatic rings. The van der Waals surface area contributed by atoms with Gasteiger partial charge in [-0.05, 0) is 24.6 Å². The van der Waals surface area contributed by atoms with Gasteiger partial charge in [-0.25, -0.2) is 4.39 Å². The molecule has 0 radical (unpaired) electrons. The fourth-order valence-corrected chi connectivity index (χ4v) is 2.42. The zero-order valence-electron chi connectivity index (χ0n) is 13.5. The molecule has 1 aromatic carbocycles. The van der Waals surface area contributed by atoms with E-state index in [1.54, 1.807) is 24.0 Å². The van der Waals surface area contributed by atoms with E-state index >= 15 is 0 Å². The summed E-state index contributed by atoms with van der Waals surface area (Å²) in [5, 5.41) is 7.68. The number of morpholine rings is 1. The molecule has 0 spiro atoms. The smallest absolute Gasteiger partial charge is 0.260 e. The number of amides is 1. The molecule has 1 aliphatic heterocycles. The summed E-state index contributed by atoms with van der Waals surface area (Å²) >= 11 is 0. The lowest BCUT2D eigenvalue weighted by molar-refractivity contribution is -0.142. The van der Waals surface area contributed by atoms with E-state index < -0.39 is 11.9 Å². The topological polar surface area (TPSA) is 77.7 Å². The van der Waals surface area contributed by atoms with E-state index in [9.17, 15) is 9.18 Å². The SMILES string of the molecule is Cc1ccc(F)c(OCC(=O)N2CCOC(c3nnc(C)o3)C2)c1. The van der Waals surface area contributed by atoms with Crippen LogP contribution in [0.15, 0.2) is 22.6 Å². The summed E-state index contributed by atoms with van der Waals surface area (Å²) in [4.78, 5) is 13.9. The average molecular weight is 335 g/mol. The lowest BCUT2D eigenvalue weighted by Crippen LogP contribution is -2.44. The first-order valence-electron chi connectivity index (χ1n) is 7.61. The van der Waals surface area contributed by atoms with Crippen molar-refractivity contribution in [3.63, 3.8) is 0 Å². The van der Waals surface area contributed by atoms with Crippen LogP contribution in [0.1, 0.15) is 23.4 Å². The Kier molecular flexibility index (Phi) is 4.75. The number of ether oxygens (including phenoxy) is 2. The normalized spacial score (nSPS) is 17.8. The van der Waals surface area contributed by atoms with Crippen LogP contribution in [-0.4, -0.2) is 47.3 Å². The molecular weight excluding hydrogens is 317 g/mol. The van der Waals surface area contributed by atoms with Gasteiger partial charge in [0.2, 0.25) is 11.8 Å². The zero-order chi connectivity index (χ0) is 17.1. The molecule has 8 heteroatoms. The molecule has 7 nitrogen and oxygen atoms in total. The number of rotatable bonds is 4. The number of aromatic nitrogens is 2. The van der Waals surface area contributed by atoms with Gasteiger partial charge in [0.15, 0.2) is 24.3 Å². The van der Waals surface area contributed by atoms with Gasteiger partial charge < -0.3 is 18.8 Å². The van der Waals surface area contributed by atoms with Gasteiger partial charge in [-0.15, -0.1) is 10.2 Å². The lowest BCUT2D eigenvalue weighted by Gasteiger charge is -2.31. The molecular formula is C16H18FN3O4. The van der Waals surface area contributed by atoms with Crippen molar-refractivity contribution in [2.45, 2.75) is 20.0 Å². The van der Waals surface area contributed by atoms with Crippen LogP contribution in [0.2, 0.25) is 0 Å². The molecule has 1 fully saturated rings. The van der Waals surface area contributed by atoms with Crippen molar-refractivity contribution in [1.82, 2.24) is 15.1 Å². The molecule has 1 aromatic heterocycles. The molecule has 128 valence electrons. The second kappa shape index (κ2) is 6.96. The maximum absolute atomic E-state index is 13.7. The second-order valence-corrected chi connectivity index (χ2v) is 5.58. The summed E-state index contributed by atoms with van der Waals surface area (Å²) in [6, 6.07) is 4.52. The maximum atomic E-state index is 13.7. The van der Waals surface area contributed by atoms with Gasteiger partial charge in [0, 0.05) is 13.5 Å². The minimum absolute atomic E-state index is 0.0701. The monoisotopic (exact) mass is 335 g/mol. The summed E-state index contributed by atoms with van der Waals surface area (Å²) in [6.45, 7) is 4.36. The molecule has 2 heterocycles. The minimum Gasteiger partial charge on any atom is -0.481 e. The fourth-order valence-electron chi connectivity index (χ4n) is 2.42. The minimum atomic E-state index is -0.491. The van der Waals surface area contributed by atoms with E-state index in [0.717, 1.165) is 5.56 Å². The van der Waals surface area contributed by atoms with Gasteiger partial charge in [0.05, 0.1) is 13.2 Å². The van der Waals surface area contributed by atoms with Gasteiger partial charge in [0.25, 0.3) is 5.91 Å². The Labute approximate surface area is 138 Å². The highest BCUT2D eigenvalue weighted by Crippen LogP contribution is 2.22. The highest BCUT2D eigenvalue weighted by Gasteiger charge is 2.29. The number of benzene rings is 1. The molecule has 2 aromatic rings. The van der Waals surface area contributed by atoms with Crippen molar-refractivity contribution in [2.24, 2.45) is 0 Å². The first kappa shape index (κ1) is 16.4. The number of carbonyl (C=O) groups excluding carboxylic acids is 1. The molecule has 1 unspecified atom stereocenters. The average Bonchev–Trinajstić information content (AvgIpc) is 3.02. The number of aryl methyl sites for hydroxylation is 2. The molecule has 24 heavy (non-hydrogen) atoms. The number of carbonyl (C=O) groups is 1. The van der Waals surface area contributed by atoms with E-state index in [4.69, 9.17) is 13.9 Å². The van der Waals surface area contributed by atoms with Crippen LogP contribution in [0.4, 0.5) is 4.39 Å². The molecule has 3 rings (SSSR count). The number of hydrogen-bond donors (Lipinski definition) is 0. The quantitative estimate of drug-likeness (QED) is 0.848. The van der Waals surface area contributed by atoms with Crippen LogP contribution in [0.25, 0.3) is 0 Å². The third-order valence-electron chi connectivity index (χ3n) is 3.67. The third kappa shape index (κ3) is 3.70. The first-order chi connectivity index (χ1) is 11.5. The zero-order valence-corrected chi connectivity index (χ0v) is 13.5. The van der Waals surface area contributed by atoms with Crippen LogP contribution in [0.3, 0.4) is 0 Å². The summed E-state index contributed by atoms with van der Waals surface area (Å²) < 4.78 is 29.9. The van der Waals surface area contributed by atoms with Gasteiger partial charge in [-0.3, -0.25) is 4.79 Å². The Balaban J connectivity index is 1.59. The van der Waals surface area contributed by atoms with Crippen molar-refractivity contribution in [2.75, 3.05) is 26.3 Å². The lowest BCUT2D eigenvalue weighted by atomic mass is 10.2. The van der Waals surface area contributed by atoms with Crippen LogP contribution < -0.4 is 4.74 Å². The molecule has 0 saturated carbocycles. The van der Waals surface area contributed by atoms with Crippen molar-refractivity contribution < 1.29 is 23.1 Å². The number of hydrogen-bond acceptors (Lipinski definition) is 6. The van der Waals surface area contributed by atoms with E-state index in [2.05, 4.69) is 10.2 Å². The molecule has 0 bridgehead atoms. The standard InChI is InChI=1S/C16H18FN3O4/c1-10-3-4-12(17)13(7-10)23-9-15(21)20-5-6-22-14(8-20)16-19-18-11(2)24-16/h3-4,7,14H,5-6,8-9H2,1-2H3. The Morgan fingerprint density at radius 1 is 1.42 bits per heavy atom. The van der Waals surface area contributed by atoms with E-state index in [1.807, 2.05) is 6.92 Å². The van der Waals surface area contributed by atoms with Crippen molar-refractivity contribution in [3.8, 4) is 5.75 Å². The Bertz CT molecular complexity index is 734. The Morgan fingerprint density at radius 3 is 3.00 bits per heavy atom. The molecule has 0 N–H and O–H groups in total. The van der Waals surface area contributed by atoms with Gasteiger partial charge in [-0.2, -0.15) is 0 Å². The first-order valence-corrected chi connectivity index (χ1v) is 7.61. The molecule has 0 aliphatic carbocycles. The van der Waals surface area contributed by atoms with Crippen LogP contribution >= 0.6 is 0 Å². The summed E-state index contributed by atoms with van der Waals surface area (Å²) in [5.74, 6) is 0.113. The van der Waals surface area contributed by atoms with Crippen LogP contribution in [0.5, 0.6) is 5.75 Å². The predicted octanol–water partition coefficient (Wildman–Crippen LogP) is 1.80. The van der Waals surface area contributed by atoms with Crippen molar-refractivity contribution >= 4 is 5.91 Å². The second-order valence-electron chi connectivity index (χ2n) is 5.58. The van der Waals surface area contributed by atoms with E-state index in [1.165, 1.54) is 6.07 Å². The van der Waals surface area contributed by atoms with Crippen molar-refractivity contribution in [1.29, 1.82) is 0 Å². The van der Waals surface area contributed by atoms with E-state index in [-0.39, 0.29) is 18.3 Å².